The molecule has 1 fully saturated rings. The van der Waals surface area contributed by atoms with Gasteiger partial charge in [0.25, 0.3) is 5.91 Å². The van der Waals surface area contributed by atoms with Crippen molar-refractivity contribution in [3.63, 3.8) is 0 Å². The summed E-state index contributed by atoms with van der Waals surface area (Å²) in [5, 5.41) is 10.8. The Morgan fingerprint density at radius 3 is 2.90 bits per heavy atom. The van der Waals surface area contributed by atoms with Crippen LogP contribution in [0.5, 0.6) is 0 Å². The van der Waals surface area contributed by atoms with Crippen LogP contribution in [0.1, 0.15) is 38.5 Å². The third-order valence-electron chi connectivity index (χ3n) is 5.82. The Morgan fingerprint density at radius 2 is 2.10 bits per heavy atom. The molecule has 0 radical (unpaired) electrons. The van der Waals surface area contributed by atoms with Crippen LogP contribution in [-0.2, 0) is 23.3 Å². The summed E-state index contributed by atoms with van der Waals surface area (Å²) in [5.74, 6) is -0.0243. The fraction of sp³-hybridized carbons (Fsp3) is 0.364. The Morgan fingerprint density at radius 1 is 1.27 bits per heavy atom. The number of nitrogens with zero attached hydrogens (tertiary/aromatic N) is 2. The average Bonchev–Trinajstić information content (AvgIpc) is 3.44. The van der Waals surface area contributed by atoms with E-state index in [4.69, 9.17) is 4.74 Å². The van der Waals surface area contributed by atoms with Gasteiger partial charge in [-0.15, -0.1) is 23.7 Å². The molecule has 1 amide bonds. The molecule has 2 N–H and O–H groups in total. The van der Waals surface area contributed by atoms with E-state index in [-0.39, 0.29) is 23.9 Å². The fourth-order valence-corrected chi connectivity index (χ4v) is 5.48. The maximum absolute atomic E-state index is 12.9. The molecule has 0 atom stereocenters. The van der Waals surface area contributed by atoms with Crippen LogP contribution in [0.25, 0.3) is 5.69 Å². The Hall–Kier alpha value is -2.19. The molecule has 5 rings (SSSR count). The van der Waals surface area contributed by atoms with Crippen LogP contribution in [0, 0.1) is 0 Å². The average molecular weight is 445 g/mol. The van der Waals surface area contributed by atoms with Gasteiger partial charge in [-0.2, -0.15) is 5.10 Å². The predicted octanol–water partition coefficient (Wildman–Crippen LogP) is 3.44. The molecule has 2 aliphatic heterocycles. The lowest BCUT2D eigenvalue weighted by Gasteiger charge is -2.40. The summed E-state index contributed by atoms with van der Waals surface area (Å²) >= 11 is 1.62. The van der Waals surface area contributed by atoms with Crippen molar-refractivity contribution in [3.8, 4) is 5.69 Å². The topological polar surface area (TPSA) is 68.2 Å². The molecule has 2 aliphatic rings. The second-order valence-electron chi connectivity index (χ2n) is 7.55. The zero-order valence-corrected chi connectivity index (χ0v) is 18.2. The van der Waals surface area contributed by atoms with E-state index in [1.165, 1.54) is 10.4 Å². The van der Waals surface area contributed by atoms with E-state index in [0.717, 1.165) is 55.1 Å². The van der Waals surface area contributed by atoms with Crippen LogP contribution < -0.4 is 10.6 Å². The zero-order chi connectivity index (χ0) is 19.7. The Kier molecular flexibility index (Phi) is 6.24. The molecule has 6 nitrogen and oxygen atoms in total. The number of fused-ring (bicyclic) bond motifs is 2. The number of amides is 1. The van der Waals surface area contributed by atoms with Gasteiger partial charge >= 0.3 is 0 Å². The highest BCUT2D eigenvalue weighted by molar-refractivity contribution is 7.14. The van der Waals surface area contributed by atoms with E-state index in [9.17, 15) is 4.79 Å². The molecule has 0 bridgehead atoms. The first-order chi connectivity index (χ1) is 14.3. The highest BCUT2D eigenvalue weighted by atomic mass is 35.5. The summed E-state index contributed by atoms with van der Waals surface area (Å²) in [6, 6.07) is 12.0. The van der Waals surface area contributed by atoms with E-state index in [1.807, 2.05) is 41.2 Å². The lowest BCUT2D eigenvalue weighted by atomic mass is 9.83. The monoisotopic (exact) mass is 444 g/mol. The number of benzene rings is 1. The maximum Gasteiger partial charge on any atom is 0.261 e. The van der Waals surface area contributed by atoms with Crippen molar-refractivity contribution in [2.45, 2.75) is 31.4 Å². The number of hydrogen-bond donors (Lipinski definition) is 2. The first-order valence-electron chi connectivity index (χ1n) is 10.1. The van der Waals surface area contributed by atoms with Crippen molar-refractivity contribution >= 4 is 29.7 Å². The SMILES string of the molecule is Cl.O=C(NCc1ccccc1-n1cccn1)c1cc2c(s1)CCOC21CCNCC1. The normalized spacial score (nSPS) is 17.2. The summed E-state index contributed by atoms with van der Waals surface area (Å²) in [7, 11) is 0. The number of carbonyl (C=O) groups excluding carboxylic acids is 1. The molecule has 4 heterocycles. The quantitative estimate of drug-likeness (QED) is 0.646. The molecule has 158 valence electrons. The minimum Gasteiger partial charge on any atom is -0.370 e. The van der Waals surface area contributed by atoms with Gasteiger partial charge < -0.3 is 15.4 Å². The van der Waals surface area contributed by atoms with Crippen LogP contribution >= 0.6 is 23.7 Å². The van der Waals surface area contributed by atoms with Gasteiger partial charge in [0.15, 0.2) is 0 Å². The molecule has 1 spiro atoms. The molecule has 30 heavy (non-hydrogen) atoms. The molecule has 0 unspecified atom stereocenters. The largest absolute Gasteiger partial charge is 0.370 e. The molecule has 2 aromatic heterocycles. The van der Waals surface area contributed by atoms with E-state index in [1.54, 1.807) is 17.5 Å². The Labute approximate surface area is 186 Å². The number of rotatable bonds is 4. The standard InChI is InChI=1S/C22H24N4O2S.ClH/c27-21(24-15-16-4-1-2-5-18(16)26-12-3-9-25-26)20-14-17-19(29-20)6-13-28-22(17)7-10-23-11-8-22;/h1-5,9,12,14,23H,6-8,10-11,13,15H2,(H,24,27);1H. The van der Waals surface area contributed by atoms with Gasteiger partial charge in [0.05, 0.1) is 22.8 Å². The van der Waals surface area contributed by atoms with Crippen molar-refractivity contribution in [2.24, 2.45) is 0 Å². The first-order valence-corrected chi connectivity index (χ1v) is 10.9. The second-order valence-corrected chi connectivity index (χ2v) is 8.69. The fourth-order valence-electron chi connectivity index (χ4n) is 4.33. The zero-order valence-electron chi connectivity index (χ0n) is 16.6. The van der Waals surface area contributed by atoms with Crippen molar-refractivity contribution in [1.82, 2.24) is 20.4 Å². The van der Waals surface area contributed by atoms with E-state index in [0.29, 0.717) is 6.54 Å². The van der Waals surface area contributed by atoms with Crippen molar-refractivity contribution in [2.75, 3.05) is 19.7 Å². The third kappa shape index (κ3) is 3.90. The number of para-hydroxylation sites is 1. The summed E-state index contributed by atoms with van der Waals surface area (Å²) in [6.07, 6.45) is 6.49. The van der Waals surface area contributed by atoms with E-state index < -0.39 is 0 Å². The third-order valence-corrected chi connectivity index (χ3v) is 7.02. The Balaban J connectivity index is 0.00000218. The van der Waals surface area contributed by atoms with Crippen molar-refractivity contribution in [1.29, 1.82) is 0 Å². The predicted molar refractivity (Wildman–Crippen MR) is 120 cm³/mol. The molecule has 1 saturated heterocycles. The Bertz CT molecular complexity index is 1010. The maximum atomic E-state index is 12.9. The summed E-state index contributed by atoms with van der Waals surface area (Å²) in [6.45, 7) is 3.12. The number of ether oxygens (including phenoxy) is 1. The number of halogens is 1. The smallest absolute Gasteiger partial charge is 0.261 e. The lowest BCUT2D eigenvalue weighted by molar-refractivity contribution is -0.0792. The first kappa shape index (κ1) is 21.1. The molecule has 3 aromatic rings. The molecular formula is C22H25ClN4O2S. The van der Waals surface area contributed by atoms with Gasteiger partial charge in [-0.3, -0.25) is 4.79 Å². The molecule has 0 saturated carbocycles. The van der Waals surface area contributed by atoms with Gasteiger partial charge in [0, 0.05) is 30.2 Å². The lowest BCUT2D eigenvalue weighted by Crippen LogP contribution is -2.44. The van der Waals surface area contributed by atoms with Crippen LogP contribution in [0.3, 0.4) is 0 Å². The summed E-state index contributed by atoms with van der Waals surface area (Å²) < 4.78 is 8.06. The minimum absolute atomic E-state index is 0. The van der Waals surface area contributed by atoms with Gasteiger partial charge in [-0.1, -0.05) is 18.2 Å². The minimum atomic E-state index is -0.208. The molecule has 8 heteroatoms. The van der Waals surface area contributed by atoms with Gasteiger partial charge in [0.1, 0.15) is 0 Å². The highest BCUT2D eigenvalue weighted by Crippen LogP contribution is 2.43. The number of hydrogen-bond acceptors (Lipinski definition) is 5. The summed E-state index contributed by atoms with van der Waals surface area (Å²) in [5.41, 5.74) is 3.03. The van der Waals surface area contributed by atoms with Gasteiger partial charge in [-0.05, 0) is 55.3 Å². The van der Waals surface area contributed by atoms with Crippen LogP contribution in [0.15, 0.2) is 48.8 Å². The summed E-state index contributed by atoms with van der Waals surface area (Å²) in [4.78, 5) is 15.0. The van der Waals surface area contributed by atoms with E-state index >= 15 is 0 Å². The molecule has 0 aliphatic carbocycles. The highest BCUT2D eigenvalue weighted by Gasteiger charge is 2.40. The number of carbonyl (C=O) groups is 1. The number of thiophene rings is 1. The number of aromatic nitrogens is 2. The number of piperidine rings is 1. The van der Waals surface area contributed by atoms with Gasteiger partial charge in [-0.25, -0.2) is 4.68 Å². The second kappa shape index (κ2) is 8.89. The van der Waals surface area contributed by atoms with Gasteiger partial charge in [0.2, 0.25) is 0 Å². The van der Waals surface area contributed by atoms with E-state index in [2.05, 4.69) is 21.8 Å². The van der Waals surface area contributed by atoms with Crippen LogP contribution in [-0.4, -0.2) is 35.4 Å². The molecular weight excluding hydrogens is 420 g/mol. The van der Waals surface area contributed by atoms with Crippen molar-refractivity contribution in [3.05, 3.63) is 69.7 Å². The van der Waals surface area contributed by atoms with Crippen LogP contribution in [0.2, 0.25) is 0 Å². The van der Waals surface area contributed by atoms with Crippen LogP contribution in [0.4, 0.5) is 0 Å². The molecule has 1 aromatic carbocycles. The number of nitrogens with one attached hydrogen (secondary N) is 2. The van der Waals surface area contributed by atoms with Crippen molar-refractivity contribution < 1.29 is 9.53 Å².